The molecule has 1 aromatic carbocycles. The molecule has 1 aliphatic heterocycles. The first-order valence-corrected chi connectivity index (χ1v) is 8.16. The number of amides is 1. The lowest BCUT2D eigenvalue weighted by molar-refractivity contribution is -0.156. The molecule has 6 heteroatoms. The summed E-state index contributed by atoms with van der Waals surface area (Å²) in [6, 6.07) is 6.92. The van der Waals surface area contributed by atoms with Gasteiger partial charge in [-0.15, -0.1) is 0 Å². The lowest BCUT2D eigenvalue weighted by Crippen LogP contribution is -2.49. The standard InChI is InChI=1S/C18H23NO5/c1-13-6-5-7-14(2)19(13)17(21)11-24-18(22)12-23-16-9-4-3-8-15(16)10-20/h3-4,8-10,13-14H,5-7,11-12H2,1-2H3. The quantitative estimate of drug-likeness (QED) is 0.589. The molecular weight excluding hydrogens is 310 g/mol. The Morgan fingerprint density at radius 1 is 1.17 bits per heavy atom. The summed E-state index contributed by atoms with van der Waals surface area (Å²) in [5.41, 5.74) is 0.359. The lowest BCUT2D eigenvalue weighted by atomic mass is 9.97. The fraction of sp³-hybridized carbons (Fsp3) is 0.500. The summed E-state index contributed by atoms with van der Waals surface area (Å²) in [5.74, 6) is -0.508. The lowest BCUT2D eigenvalue weighted by Gasteiger charge is -2.38. The molecule has 6 nitrogen and oxygen atoms in total. The van der Waals surface area contributed by atoms with Gasteiger partial charge >= 0.3 is 5.97 Å². The van der Waals surface area contributed by atoms with Crippen LogP contribution in [0.15, 0.2) is 24.3 Å². The Hall–Kier alpha value is -2.37. The van der Waals surface area contributed by atoms with Crippen LogP contribution in [0.4, 0.5) is 0 Å². The van der Waals surface area contributed by atoms with Crippen LogP contribution in [0.3, 0.4) is 0 Å². The van der Waals surface area contributed by atoms with Gasteiger partial charge in [-0.25, -0.2) is 4.79 Å². The maximum Gasteiger partial charge on any atom is 0.344 e. The zero-order valence-electron chi connectivity index (χ0n) is 14.1. The van der Waals surface area contributed by atoms with Gasteiger partial charge in [0.05, 0.1) is 5.56 Å². The number of rotatable bonds is 6. The Morgan fingerprint density at radius 3 is 2.50 bits per heavy atom. The molecular formula is C18H23NO5. The molecule has 0 N–H and O–H groups in total. The van der Waals surface area contributed by atoms with Gasteiger partial charge in [0.2, 0.25) is 0 Å². The molecule has 0 radical (unpaired) electrons. The normalized spacial score (nSPS) is 20.3. The van der Waals surface area contributed by atoms with Gasteiger partial charge in [-0.05, 0) is 45.2 Å². The average Bonchev–Trinajstić information content (AvgIpc) is 2.58. The van der Waals surface area contributed by atoms with E-state index in [1.54, 1.807) is 29.2 Å². The minimum absolute atomic E-state index is 0.163. The highest BCUT2D eigenvalue weighted by Gasteiger charge is 2.29. The van der Waals surface area contributed by atoms with Crippen molar-refractivity contribution in [2.75, 3.05) is 13.2 Å². The summed E-state index contributed by atoms with van der Waals surface area (Å²) in [7, 11) is 0. The van der Waals surface area contributed by atoms with Gasteiger partial charge in [0.25, 0.3) is 5.91 Å². The van der Waals surface area contributed by atoms with Gasteiger partial charge < -0.3 is 14.4 Å². The van der Waals surface area contributed by atoms with Crippen LogP contribution in [0, 0.1) is 0 Å². The van der Waals surface area contributed by atoms with E-state index in [0.29, 0.717) is 17.6 Å². The predicted molar refractivity (Wildman–Crippen MR) is 87.9 cm³/mol. The number of nitrogens with zero attached hydrogens (tertiary/aromatic N) is 1. The van der Waals surface area contributed by atoms with E-state index in [0.717, 1.165) is 19.3 Å². The van der Waals surface area contributed by atoms with Gasteiger partial charge in [-0.2, -0.15) is 0 Å². The number of likely N-dealkylation sites (tertiary alicyclic amines) is 1. The molecule has 24 heavy (non-hydrogen) atoms. The summed E-state index contributed by atoms with van der Waals surface area (Å²) >= 11 is 0. The fourth-order valence-electron chi connectivity index (χ4n) is 3.02. The average molecular weight is 333 g/mol. The maximum absolute atomic E-state index is 12.3. The van der Waals surface area contributed by atoms with Crippen LogP contribution in [0.25, 0.3) is 0 Å². The number of ether oxygens (including phenoxy) is 2. The first kappa shape index (κ1) is 18.0. The van der Waals surface area contributed by atoms with Crippen molar-refractivity contribution in [2.24, 2.45) is 0 Å². The number of hydrogen-bond acceptors (Lipinski definition) is 5. The molecule has 2 unspecified atom stereocenters. The van der Waals surface area contributed by atoms with Gasteiger partial charge in [-0.3, -0.25) is 9.59 Å². The topological polar surface area (TPSA) is 72.9 Å². The third-order valence-corrected chi connectivity index (χ3v) is 4.23. The molecule has 1 aromatic rings. The van der Waals surface area contributed by atoms with Crippen LogP contribution in [0.5, 0.6) is 5.75 Å². The number of aldehydes is 1. The van der Waals surface area contributed by atoms with Crippen LogP contribution >= 0.6 is 0 Å². The van der Waals surface area contributed by atoms with Gasteiger partial charge in [0.1, 0.15) is 5.75 Å². The molecule has 2 rings (SSSR count). The molecule has 1 heterocycles. The van der Waals surface area contributed by atoms with Crippen molar-refractivity contribution in [3.8, 4) is 5.75 Å². The van der Waals surface area contributed by atoms with Crippen molar-refractivity contribution in [3.05, 3.63) is 29.8 Å². The van der Waals surface area contributed by atoms with Crippen LogP contribution < -0.4 is 4.74 Å². The second-order valence-corrected chi connectivity index (χ2v) is 6.03. The zero-order chi connectivity index (χ0) is 17.5. The van der Waals surface area contributed by atoms with Crippen molar-refractivity contribution < 1.29 is 23.9 Å². The first-order valence-electron chi connectivity index (χ1n) is 8.16. The Bertz CT molecular complexity index is 591. The number of carbonyl (C=O) groups excluding carboxylic acids is 3. The molecule has 0 saturated carbocycles. The first-order chi connectivity index (χ1) is 11.5. The zero-order valence-corrected chi connectivity index (χ0v) is 14.1. The highest BCUT2D eigenvalue weighted by molar-refractivity contribution is 5.82. The number of carbonyl (C=O) groups is 3. The second kappa shape index (κ2) is 8.47. The van der Waals surface area contributed by atoms with E-state index in [2.05, 4.69) is 0 Å². The third-order valence-electron chi connectivity index (χ3n) is 4.23. The maximum atomic E-state index is 12.3. The minimum Gasteiger partial charge on any atom is -0.481 e. The van der Waals surface area contributed by atoms with E-state index >= 15 is 0 Å². The number of hydrogen-bond donors (Lipinski definition) is 0. The molecule has 1 fully saturated rings. The van der Waals surface area contributed by atoms with Crippen LogP contribution in [-0.2, 0) is 14.3 Å². The number of para-hydroxylation sites is 1. The highest BCUT2D eigenvalue weighted by atomic mass is 16.6. The molecule has 1 saturated heterocycles. The third kappa shape index (κ3) is 4.57. The van der Waals surface area contributed by atoms with Crippen LogP contribution in [0.2, 0.25) is 0 Å². The monoisotopic (exact) mass is 333 g/mol. The van der Waals surface area contributed by atoms with Gasteiger partial charge in [0.15, 0.2) is 19.5 Å². The van der Waals surface area contributed by atoms with Crippen molar-refractivity contribution >= 4 is 18.2 Å². The summed E-state index contributed by atoms with van der Waals surface area (Å²) in [5, 5.41) is 0. The smallest absolute Gasteiger partial charge is 0.344 e. The molecule has 1 aliphatic rings. The van der Waals surface area contributed by atoms with Crippen molar-refractivity contribution in [3.63, 3.8) is 0 Å². The second-order valence-electron chi connectivity index (χ2n) is 6.03. The van der Waals surface area contributed by atoms with E-state index in [1.165, 1.54) is 0 Å². The highest BCUT2D eigenvalue weighted by Crippen LogP contribution is 2.22. The summed E-state index contributed by atoms with van der Waals surface area (Å²) < 4.78 is 10.3. The van der Waals surface area contributed by atoms with Crippen LogP contribution in [0.1, 0.15) is 43.5 Å². The number of esters is 1. The van der Waals surface area contributed by atoms with E-state index in [9.17, 15) is 14.4 Å². The van der Waals surface area contributed by atoms with Gasteiger partial charge in [-0.1, -0.05) is 12.1 Å². The Labute approximate surface area is 141 Å². The summed E-state index contributed by atoms with van der Waals surface area (Å²) in [6.07, 6.45) is 3.70. The Kier molecular flexibility index (Phi) is 6.35. The van der Waals surface area contributed by atoms with E-state index in [1.807, 2.05) is 13.8 Å². The molecule has 0 spiro atoms. The molecule has 0 bridgehead atoms. The molecule has 0 aromatic heterocycles. The molecule has 0 aliphatic carbocycles. The van der Waals surface area contributed by atoms with Crippen molar-refractivity contribution in [2.45, 2.75) is 45.2 Å². The largest absolute Gasteiger partial charge is 0.481 e. The molecule has 1 amide bonds. The van der Waals surface area contributed by atoms with E-state index in [4.69, 9.17) is 9.47 Å². The summed E-state index contributed by atoms with van der Waals surface area (Å²) in [6.45, 7) is 3.39. The minimum atomic E-state index is -0.638. The Morgan fingerprint density at radius 2 is 1.83 bits per heavy atom. The van der Waals surface area contributed by atoms with E-state index in [-0.39, 0.29) is 31.2 Å². The predicted octanol–water partition coefficient (Wildman–Crippen LogP) is 2.21. The van der Waals surface area contributed by atoms with Crippen molar-refractivity contribution in [1.82, 2.24) is 4.90 Å². The number of piperidine rings is 1. The molecule has 130 valence electrons. The van der Waals surface area contributed by atoms with Crippen LogP contribution in [-0.4, -0.2) is 48.4 Å². The number of benzene rings is 1. The Balaban J connectivity index is 1.80. The molecule has 2 atom stereocenters. The SMILES string of the molecule is CC1CCCC(C)N1C(=O)COC(=O)COc1ccccc1C=O. The van der Waals surface area contributed by atoms with Gasteiger partial charge in [0, 0.05) is 12.1 Å². The van der Waals surface area contributed by atoms with E-state index < -0.39 is 5.97 Å². The fourth-order valence-corrected chi connectivity index (χ4v) is 3.02. The summed E-state index contributed by atoms with van der Waals surface area (Å²) in [4.78, 5) is 36.7. The van der Waals surface area contributed by atoms with Crippen molar-refractivity contribution in [1.29, 1.82) is 0 Å².